The molecule has 0 N–H and O–H groups in total. The number of pyridine rings is 1. The van der Waals surface area contributed by atoms with E-state index in [0.29, 0.717) is 16.9 Å². The zero-order chi connectivity index (χ0) is 13.0. The van der Waals surface area contributed by atoms with Gasteiger partial charge in [-0.05, 0) is 42.7 Å². The lowest BCUT2D eigenvalue weighted by molar-refractivity contribution is 0.305. The summed E-state index contributed by atoms with van der Waals surface area (Å²) in [5, 5.41) is 0.760. The van der Waals surface area contributed by atoms with Crippen LogP contribution in [0.3, 0.4) is 0 Å². The highest BCUT2D eigenvalue weighted by Crippen LogP contribution is 2.22. The largest absolute Gasteiger partial charge is 0.489 e. The fourth-order valence-corrected chi connectivity index (χ4v) is 2.19. The fraction of sp³-hybridized carbons (Fsp3) is 0.154. The van der Waals surface area contributed by atoms with Crippen molar-refractivity contribution in [2.24, 2.45) is 0 Å². The summed E-state index contributed by atoms with van der Waals surface area (Å²) in [5.74, 6) is 0.804. The number of aromatic nitrogens is 1. The number of halogens is 2. The molecular weight excluding hydrogens is 289 g/mol. The molecule has 0 saturated carbocycles. The Morgan fingerprint density at radius 2 is 1.83 bits per heavy atom. The predicted molar refractivity (Wildman–Crippen MR) is 76.8 cm³/mol. The van der Waals surface area contributed by atoms with Gasteiger partial charge in [-0.3, -0.25) is 0 Å². The lowest BCUT2D eigenvalue weighted by Crippen LogP contribution is -1.97. The summed E-state index contributed by atoms with van der Waals surface area (Å²) in [6.45, 7) is 0.377. The minimum absolute atomic E-state index is 0.377. The molecule has 0 fully saturated rings. The van der Waals surface area contributed by atoms with Gasteiger partial charge in [0.05, 0.1) is 0 Å². The Morgan fingerprint density at radius 3 is 2.44 bits per heavy atom. The van der Waals surface area contributed by atoms with Crippen molar-refractivity contribution in [3.8, 4) is 5.75 Å². The summed E-state index contributed by atoms with van der Waals surface area (Å²) in [7, 11) is 0. The van der Waals surface area contributed by atoms with Gasteiger partial charge in [-0.1, -0.05) is 23.2 Å². The third-order valence-corrected chi connectivity index (χ3v) is 3.63. The van der Waals surface area contributed by atoms with E-state index in [0.717, 1.165) is 11.3 Å². The third-order valence-electron chi connectivity index (χ3n) is 2.35. The zero-order valence-electron chi connectivity index (χ0n) is 9.69. The lowest BCUT2D eigenvalue weighted by Gasteiger charge is -2.08. The second-order valence-corrected chi connectivity index (χ2v) is 5.17. The number of hydrogen-bond donors (Lipinski definition) is 0. The molecule has 0 unspecified atom stereocenters. The highest BCUT2D eigenvalue weighted by molar-refractivity contribution is 7.98. The smallest absolute Gasteiger partial charge is 0.137 e. The van der Waals surface area contributed by atoms with Crippen LogP contribution in [0.5, 0.6) is 5.75 Å². The van der Waals surface area contributed by atoms with Crippen molar-refractivity contribution in [1.82, 2.24) is 4.98 Å². The Morgan fingerprint density at radius 1 is 1.11 bits per heavy atom. The maximum atomic E-state index is 5.96. The molecule has 18 heavy (non-hydrogen) atoms. The van der Waals surface area contributed by atoms with Crippen molar-refractivity contribution in [1.29, 1.82) is 0 Å². The van der Waals surface area contributed by atoms with Crippen molar-refractivity contribution >= 4 is 35.0 Å². The minimum atomic E-state index is 0.377. The van der Waals surface area contributed by atoms with Gasteiger partial charge in [0.2, 0.25) is 0 Å². The normalized spacial score (nSPS) is 10.4. The first-order chi connectivity index (χ1) is 8.69. The van der Waals surface area contributed by atoms with Crippen molar-refractivity contribution in [2.75, 3.05) is 6.26 Å². The molecule has 0 saturated heterocycles. The first-order valence-corrected chi connectivity index (χ1v) is 7.25. The predicted octanol–water partition coefficient (Wildman–Crippen LogP) is 4.69. The van der Waals surface area contributed by atoms with E-state index in [4.69, 9.17) is 27.9 Å². The third kappa shape index (κ3) is 3.55. The van der Waals surface area contributed by atoms with E-state index < -0.39 is 0 Å². The summed E-state index contributed by atoms with van der Waals surface area (Å²) in [4.78, 5) is 5.16. The van der Waals surface area contributed by atoms with Crippen LogP contribution in [0.2, 0.25) is 10.3 Å². The number of benzene rings is 1. The molecular formula is C13H11Cl2NOS. The maximum Gasteiger partial charge on any atom is 0.137 e. The number of ether oxygens (including phenoxy) is 1. The van der Waals surface area contributed by atoms with Gasteiger partial charge in [-0.15, -0.1) is 11.8 Å². The molecule has 0 spiro atoms. The van der Waals surface area contributed by atoms with Crippen LogP contribution in [-0.4, -0.2) is 11.2 Å². The molecule has 0 atom stereocenters. The first kappa shape index (κ1) is 13.5. The first-order valence-electron chi connectivity index (χ1n) is 5.27. The van der Waals surface area contributed by atoms with E-state index >= 15 is 0 Å². The summed E-state index contributed by atoms with van der Waals surface area (Å²) >= 11 is 13.4. The highest BCUT2D eigenvalue weighted by Gasteiger charge is 2.03. The van der Waals surface area contributed by atoms with E-state index in [1.54, 1.807) is 17.8 Å². The van der Waals surface area contributed by atoms with Crippen molar-refractivity contribution < 1.29 is 4.74 Å². The molecule has 0 radical (unpaired) electrons. The highest BCUT2D eigenvalue weighted by atomic mass is 35.5. The lowest BCUT2D eigenvalue weighted by atomic mass is 10.3. The average Bonchev–Trinajstić information content (AvgIpc) is 2.38. The molecule has 0 aliphatic rings. The maximum absolute atomic E-state index is 5.96. The molecule has 5 heteroatoms. The van der Waals surface area contributed by atoms with Gasteiger partial charge in [-0.2, -0.15) is 0 Å². The summed E-state index contributed by atoms with van der Waals surface area (Å²) in [5.41, 5.74) is 0.815. The van der Waals surface area contributed by atoms with E-state index in [2.05, 4.69) is 4.98 Å². The standard InChI is InChI=1S/C13H11Cl2NOS/c1-18-11-5-3-10(4-6-11)17-8-9-2-7-12(14)16-13(9)15/h2-7H,8H2,1H3. The fourth-order valence-electron chi connectivity index (χ4n) is 1.38. The van der Waals surface area contributed by atoms with Crippen LogP contribution in [-0.2, 0) is 6.61 Å². The average molecular weight is 300 g/mol. The van der Waals surface area contributed by atoms with E-state index in [-0.39, 0.29) is 0 Å². The van der Waals surface area contributed by atoms with Crippen LogP contribution in [0.4, 0.5) is 0 Å². The van der Waals surface area contributed by atoms with E-state index in [1.807, 2.05) is 36.6 Å². The zero-order valence-corrected chi connectivity index (χ0v) is 12.0. The van der Waals surface area contributed by atoms with Gasteiger partial charge in [-0.25, -0.2) is 4.98 Å². The Bertz CT molecular complexity index is 531. The molecule has 0 amide bonds. The minimum Gasteiger partial charge on any atom is -0.489 e. The van der Waals surface area contributed by atoms with Crippen LogP contribution >= 0.6 is 35.0 Å². The van der Waals surface area contributed by atoms with Gasteiger partial charge in [0, 0.05) is 10.5 Å². The van der Waals surface area contributed by atoms with Gasteiger partial charge >= 0.3 is 0 Å². The number of thioether (sulfide) groups is 1. The second-order valence-electron chi connectivity index (χ2n) is 3.55. The van der Waals surface area contributed by atoms with E-state index in [9.17, 15) is 0 Å². The molecule has 0 aliphatic heterocycles. The Labute approximate surface area is 120 Å². The summed E-state index contributed by atoms with van der Waals surface area (Å²) in [6.07, 6.45) is 2.04. The SMILES string of the molecule is CSc1ccc(OCc2ccc(Cl)nc2Cl)cc1. The number of rotatable bonds is 4. The van der Waals surface area contributed by atoms with Crippen LogP contribution in [0.1, 0.15) is 5.56 Å². The van der Waals surface area contributed by atoms with Crippen LogP contribution < -0.4 is 4.74 Å². The van der Waals surface area contributed by atoms with Gasteiger partial charge in [0.15, 0.2) is 0 Å². The van der Waals surface area contributed by atoms with E-state index in [1.165, 1.54) is 4.90 Å². The van der Waals surface area contributed by atoms with Crippen molar-refractivity contribution in [3.63, 3.8) is 0 Å². The Hall–Kier alpha value is -0.900. The molecule has 1 aromatic heterocycles. The van der Waals surface area contributed by atoms with Crippen molar-refractivity contribution in [3.05, 3.63) is 52.3 Å². The number of nitrogens with zero attached hydrogens (tertiary/aromatic N) is 1. The Balaban J connectivity index is 2.02. The molecule has 2 aromatic rings. The molecule has 2 nitrogen and oxygen atoms in total. The molecule has 1 aromatic carbocycles. The monoisotopic (exact) mass is 299 g/mol. The van der Waals surface area contributed by atoms with Gasteiger partial charge < -0.3 is 4.74 Å². The molecule has 94 valence electrons. The van der Waals surface area contributed by atoms with Crippen LogP contribution in [0.15, 0.2) is 41.3 Å². The summed E-state index contributed by atoms with van der Waals surface area (Å²) < 4.78 is 5.64. The second kappa shape index (κ2) is 6.32. The van der Waals surface area contributed by atoms with Crippen LogP contribution in [0.25, 0.3) is 0 Å². The van der Waals surface area contributed by atoms with Gasteiger partial charge in [0.25, 0.3) is 0 Å². The molecule has 1 heterocycles. The molecule has 0 aliphatic carbocycles. The number of hydrogen-bond acceptors (Lipinski definition) is 3. The topological polar surface area (TPSA) is 22.1 Å². The molecule has 0 bridgehead atoms. The van der Waals surface area contributed by atoms with Crippen LogP contribution in [0, 0.1) is 0 Å². The Kier molecular flexibility index (Phi) is 4.75. The molecule has 2 rings (SSSR count). The van der Waals surface area contributed by atoms with Crippen molar-refractivity contribution in [2.45, 2.75) is 11.5 Å². The van der Waals surface area contributed by atoms with Gasteiger partial charge in [0.1, 0.15) is 22.7 Å². The quantitative estimate of drug-likeness (QED) is 0.604. The summed E-state index contributed by atoms with van der Waals surface area (Å²) in [6, 6.07) is 11.4.